The summed E-state index contributed by atoms with van der Waals surface area (Å²) in [5, 5.41) is 8.86. The van der Waals surface area contributed by atoms with Crippen LogP contribution in [0.5, 0.6) is 0 Å². The highest BCUT2D eigenvalue weighted by Gasteiger charge is 2.12. The Labute approximate surface area is 95.8 Å². The van der Waals surface area contributed by atoms with Crippen LogP contribution in [0.3, 0.4) is 0 Å². The van der Waals surface area contributed by atoms with E-state index < -0.39 is 5.97 Å². The summed E-state index contributed by atoms with van der Waals surface area (Å²) in [6, 6.07) is 1.81. The zero-order chi connectivity index (χ0) is 10.3. The van der Waals surface area contributed by atoms with Crippen molar-refractivity contribution >= 4 is 43.5 Å². The average molecular weight is 320 g/mol. The standard InChI is InChI=1S/C8H4Br2N2O2/c9-4-1-5(10)7-11-2-6(8(13)14)12(7)3-4/h1-3H,(H,13,14). The minimum Gasteiger partial charge on any atom is -0.477 e. The summed E-state index contributed by atoms with van der Waals surface area (Å²) in [5.74, 6) is -0.998. The quantitative estimate of drug-likeness (QED) is 0.879. The largest absolute Gasteiger partial charge is 0.477 e. The first kappa shape index (κ1) is 9.67. The molecule has 4 nitrogen and oxygen atoms in total. The third-order valence-electron chi connectivity index (χ3n) is 1.75. The molecule has 0 bridgehead atoms. The van der Waals surface area contributed by atoms with Crippen molar-refractivity contribution in [3.8, 4) is 0 Å². The van der Waals surface area contributed by atoms with E-state index in [4.69, 9.17) is 5.11 Å². The van der Waals surface area contributed by atoms with Crippen molar-refractivity contribution in [2.45, 2.75) is 0 Å². The number of halogens is 2. The van der Waals surface area contributed by atoms with Gasteiger partial charge in [-0.05, 0) is 37.9 Å². The molecule has 2 aromatic heterocycles. The molecule has 0 aliphatic rings. The summed E-state index contributed by atoms with van der Waals surface area (Å²) in [6.07, 6.45) is 2.99. The molecule has 0 saturated carbocycles. The van der Waals surface area contributed by atoms with Gasteiger partial charge in [0.2, 0.25) is 0 Å². The van der Waals surface area contributed by atoms with Gasteiger partial charge in [-0.2, -0.15) is 0 Å². The van der Waals surface area contributed by atoms with Gasteiger partial charge in [0.15, 0.2) is 11.3 Å². The van der Waals surface area contributed by atoms with Gasteiger partial charge in [0.1, 0.15) is 0 Å². The molecule has 2 aromatic rings. The second-order valence-corrected chi connectivity index (χ2v) is 4.42. The van der Waals surface area contributed by atoms with E-state index in [1.165, 1.54) is 10.6 Å². The molecular weight excluding hydrogens is 316 g/mol. The minimum absolute atomic E-state index is 0.141. The molecule has 0 aromatic carbocycles. The number of hydrogen-bond donors (Lipinski definition) is 1. The maximum atomic E-state index is 10.8. The maximum Gasteiger partial charge on any atom is 0.354 e. The van der Waals surface area contributed by atoms with Crippen LogP contribution in [0.25, 0.3) is 5.65 Å². The molecule has 0 atom stereocenters. The molecular formula is C8H4Br2N2O2. The zero-order valence-corrected chi connectivity index (χ0v) is 9.91. The molecule has 72 valence electrons. The highest BCUT2D eigenvalue weighted by atomic mass is 79.9. The first-order chi connectivity index (χ1) is 6.59. The number of aromatic carboxylic acids is 1. The van der Waals surface area contributed by atoms with Crippen LogP contribution in [0.15, 0.2) is 27.4 Å². The molecule has 0 unspecified atom stereocenters. The van der Waals surface area contributed by atoms with E-state index in [-0.39, 0.29) is 5.69 Å². The fourth-order valence-corrected chi connectivity index (χ4v) is 2.45. The molecule has 2 heterocycles. The number of carbonyl (C=O) groups is 1. The Bertz CT molecular complexity index is 521. The predicted molar refractivity (Wildman–Crippen MR) is 57.6 cm³/mol. The average Bonchev–Trinajstić information content (AvgIpc) is 2.47. The molecule has 2 rings (SSSR count). The molecule has 1 N–H and O–H groups in total. The van der Waals surface area contributed by atoms with Crippen molar-refractivity contribution in [3.05, 3.63) is 33.1 Å². The Morgan fingerprint density at radius 2 is 2.21 bits per heavy atom. The Kier molecular flexibility index (Phi) is 2.32. The van der Waals surface area contributed by atoms with Gasteiger partial charge >= 0.3 is 5.97 Å². The zero-order valence-electron chi connectivity index (χ0n) is 6.74. The highest BCUT2D eigenvalue weighted by Crippen LogP contribution is 2.23. The van der Waals surface area contributed by atoms with E-state index in [2.05, 4.69) is 36.8 Å². The van der Waals surface area contributed by atoms with Crippen LogP contribution in [-0.2, 0) is 0 Å². The van der Waals surface area contributed by atoms with E-state index in [1.807, 2.05) is 6.07 Å². The molecule has 6 heteroatoms. The van der Waals surface area contributed by atoms with Crippen LogP contribution >= 0.6 is 31.9 Å². The molecule has 0 amide bonds. The fraction of sp³-hybridized carbons (Fsp3) is 0. The third-order valence-corrected chi connectivity index (χ3v) is 2.76. The molecule has 0 aliphatic heterocycles. The van der Waals surface area contributed by atoms with Gasteiger partial charge in [0.05, 0.1) is 10.7 Å². The normalized spacial score (nSPS) is 10.7. The Morgan fingerprint density at radius 1 is 1.50 bits per heavy atom. The van der Waals surface area contributed by atoms with Gasteiger partial charge in [-0.3, -0.25) is 4.40 Å². The fourth-order valence-electron chi connectivity index (χ4n) is 1.17. The first-order valence-corrected chi connectivity index (χ1v) is 5.23. The molecule has 0 spiro atoms. The van der Waals surface area contributed by atoms with Gasteiger partial charge in [-0.15, -0.1) is 0 Å². The van der Waals surface area contributed by atoms with Crippen LogP contribution in [0, 0.1) is 0 Å². The van der Waals surface area contributed by atoms with Crippen molar-refractivity contribution in [2.75, 3.05) is 0 Å². The molecule has 14 heavy (non-hydrogen) atoms. The summed E-state index contributed by atoms with van der Waals surface area (Å²) in [4.78, 5) is 14.8. The Hall–Kier alpha value is -0.880. The number of carboxylic acid groups (broad SMARTS) is 1. The number of rotatable bonds is 1. The lowest BCUT2D eigenvalue weighted by Gasteiger charge is -1.99. The van der Waals surface area contributed by atoms with Crippen LogP contribution in [0.4, 0.5) is 0 Å². The smallest absolute Gasteiger partial charge is 0.354 e. The number of hydrogen-bond acceptors (Lipinski definition) is 2. The number of imidazole rings is 1. The van der Waals surface area contributed by atoms with Crippen LogP contribution in [0.2, 0.25) is 0 Å². The molecule has 0 radical (unpaired) electrons. The van der Waals surface area contributed by atoms with Crippen molar-refractivity contribution in [2.24, 2.45) is 0 Å². The number of nitrogens with zero attached hydrogens (tertiary/aromatic N) is 2. The van der Waals surface area contributed by atoms with E-state index in [0.29, 0.717) is 5.65 Å². The molecule has 0 aliphatic carbocycles. The summed E-state index contributed by atoms with van der Waals surface area (Å²) in [6.45, 7) is 0. The SMILES string of the molecule is O=C(O)c1cnc2c(Br)cc(Br)cn12. The lowest BCUT2D eigenvalue weighted by atomic mass is 10.4. The summed E-state index contributed by atoms with van der Waals surface area (Å²) < 4.78 is 3.05. The maximum absolute atomic E-state index is 10.8. The third kappa shape index (κ3) is 1.44. The van der Waals surface area contributed by atoms with E-state index >= 15 is 0 Å². The van der Waals surface area contributed by atoms with Crippen molar-refractivity contribution < 1.29 is 9.90 Å². The van der Waals surface area contributed by atoms with Crippen molar-refractivity contribution in [3.63, 3.8) is 0 Å². The van der Waals surface area contributed by atoms with E-state index in [0.717, 1.165) is 8.95 Å². The van der Waals surface area contributed by atoms with Gasteiger partial charge < -0.3 is 5.11 Å². The molecule has 0 fully saturated rings. The van der Waals surface area contributed by atoms with Crippen LogP contribution in [-0.4, -0.2) is 20.5 Å². The monoisotopic (exact) mass is 318 g/mol. The van der Waals surface area contributed by atoms with Gasteiger partial charge in [-0.25, -0.2) is 9.78 Å². The second-order valence-electron chi connectivity index (χ2n) is 2.65. The topological polar surface area (TPSA) is 54.6 Å². The summed E-state index contributed by atoms with van der Waals surface area (Å²) in [5.41, 5.74) is 0.729. The summed E-state index contributed by atoms with van der Waals surface area (Å²) >= 11 is 6.58. The second kappa shape index (κ2) is 3.36. The summed E-state index contributed by atoms with van der Waals surface area (Å²) in [7, 11) is 0. The van der Waals surface area contributed by atoms with Gasteiger partial charge in [0, 0.05) is 10.7 Å². The van der Waals surface area contributed by atoms with E-state index in [1.54, 1.807) is 6.20 Å². The van der Waals surface area contributed by atoms with E-state index in [9.17, 15) is 4.79 Å². The van der Waals surface area contributed by atoms with Gasteiger partial charge in [0.25, 0.3) is 0 Å². The number of fused-ring (bicyclic) bond motifs is 1. The lowest BCUT2D eigenvalue weighted by molar-refractivity contribution is 0.0689. The van der Waals surface area contributed by atoms with Crippen molar-refractivity contribution in [1.82, 2.24) is 9.38 Å². The van der Waals surface area contributed by atoms with Crippen LogP contribution in [0.1, 0.15) is 10.5 Å². The predicted octanol–water partition coefficient (Wildman–Crippen LogP) is 2.56. The van der Waals surface area contributed by atoms with Crippen LogP contribution < -0.4 is 0 Å². The highest BCUT2D eigenvalue weighted by molar-refractivity contribution is 9.11. The number of carboxylic acids is 1. The Balaban J connectivity index is 2.85. The minimum atomic E-state index is -0.998. The Morgan fingerprint density at radius 3 is 2.86 bits per heavy atom. The molecule has 0 saturated heterocycles. The lowest BCUT2D eigenvalue weighted by Crippen LogP contribution is -2.01. The van der Waals surface area contributed by atoms with Crippen molar-refractivity contribution in [1.29, 1.82) is 0 Å². The first-order valence-electron chi connectivity index (χ1n) is 3.65. The number of pyridine rings is 1. The van der Waals surface area contributed by atoms with Gasteiger partial charge in [-0.1, -0.05) is 0 Å². The number of aromatic nitrogens is 2.